The van der Waals surface area contributed by atoms with E-state index in [9.17, 15) is 20.1 Å². The smallest absolute Gasteiger partial charge is 0.333 e. The van der Waals surface area contributed by atoms with Gasteiger partial charge in [0, 0.05) is 24.7 Å². The second-order valence-corrected chi connectivity index (χ2v) is 9.51. The largest absolute Gasteiger partial charge is 0.426 e. The van der Waals surface area contributed by atoms with Crippen LogP contribution in [0.3, 0.4) is 0 Å². The molecule has 0 aromatic carbocycles. The molecule has 3 N–H and O–H groups in total. The van der Waals surface area contributed by atoms with Crippen LogP contribution < -0.4 is 0 Å². The van der Waals surface area contributed by atoms with Crippen molar-refractivity contribution in [3.63, 3.8) is 0 Å². The highest BCUT2D eigenvalue weighted by Gasteiger charge is 2.65. The molecule has 0 saturated heterocycles. The molecule has 0 bridgehead atoms. The van der Waals surface area contributed by atoms with Gasteiger partial charge < -0.3 is 20.1 Å². The Hall–Kier alpha value is -0.910. The zero-order valence-electron chi connectivity index (χ0n) is 15.4. The van der Waals surface area contributed by atoms with Gasteiger partial charge in [-0.3, -0.25) is 0 Å². The molecule has 3 fully saturated rings. The standard InChI is InChI=1S/C20H30O5/c1-11-12-7-16(23)25-20(12,24)9-13-17(11)14(22)8-15-18(2,10-21)5-4-6-19(13,15)3/h7,11,13-15,17,21-22,24H,4-6,8-10H2,1-3H3/t11-,13+,14-,15+,17-,18+,19-,20+/m0/s1. The fraction of sp³-hybridized carbons (Fsp3) is 0.850. The summed E-state index contributed by atoms with van der Waals surface area (Å²) in [6.45, 7) is 6.51. The number of carbonyl (C=O) groups is 1. The molecule has 4 rings (SSSR count). The van der Waals surface area contributed by atoms with E-state index in [1.165, 1.54) is 6.08 Å². The number of hydrogen-bond donors (Lipinski definition) is 3. The molecule has 1 heterocycles. The number of fused-ring (bicyclic) bond motifs is 4. The van der Waals surface area contributed by atoms with Crippen LogP contribution in [0.1, 0.15) is 52.9 Å². The molecule has 0 radical (unpaired) electrons. The fourth-order valence-corrected chi connectivity index (χ4v) is 7.01. The molecular formula is C20H30O5. The van der Waals surface area contributed by atoms with Crippen molar-refractivity contribution in [3.05, 3.63) is 11.6 Å². The molecular weight excluding hydrogens is 320 g/mol. The Labute approximate surface area is 149 Å². The molecule has 3 aliphatic carbocycles. The van der Waals surface area contributed by atoms with Gasteiger partial charge in [-0.05, 0) is 53.8 Å². The van der Waals surface area contributed by atoms with E-state index in [0.717, 1.165) is 19.3 Å². The Morgan fingerprint density at radius 2 is 2.04 bits per heavy atom. The quantitative estimate of drug-likeness (QED) is 0.630. The minimum atomic E-state index is -1.52. The molecule has 0 aromatic heterocycles. The number of aliphatic hydroxyl groups is 3. The number of ether oxygens (including phenoxy) is 1. The molecule has 0 aromatic rings. The van der Waals surface area contributed by atoms with Crippen LogP contribution in [-0.4, -0.2) is 39.8 Å². The summed E-state index contributed by atoms with van der Waals surface area (Å²) >= 11 is 0. The predicted molar refractivity (Wildman–Crippen MR) is 91.2 cm³/mol. The third kappa shape index (κ3) is 2.22. The van der Waals surface area contributed by atoms with E-state index in [4.69, 9.17) is 4.74 Å². The summed E-state index contributed by atoms with van der Waals surface area (Å²) in [6, 6.07) is 0. The maximum Gasteiger partial charge on any atom is 0.333 e. The van der Waals surface area contributed by atoms with Crippen LogP contribution in [-0.2, 0) is 9.53 Å². The number of rotatable bonds is 1. The van der Waals surface area contributed by atoms with Crippen molar-refractivity contribution in [3.8, 4) is 0 Å². The molecule has 5 heteroatoms. The molecule has 5 nitrogen and oxygen atoms in total. The first-order valence-corrected chi connectivity index (χ1v) is 9.61. The van der Waals surface area contributed by atoms with Gasteiger partial charge in [-0.2, -0.15) is 0 Å². The first-order valence-electron chi connectivity index (χ1n) is 9.61. The third-order valence-corrected chi connectivity index (χ3v) is 8.25. The van der Waals surface area contributed by atoms with Crippen LogP contribution in [0, 0.1) is 34.5 Å². The van der Waals surface area contributed by atoms with Gasteiger partial charge in [0.2, 0.25) is 5.79 Å². The monoisotopic (exact) mass is 350 g/mol. The van der Waals surface area contributed by atoms with E-state index in [2.05, 4.69) is 13.8 Å². The van der Waals surface area contributed by atoms with E-state index in [1.54, 1.807) is 0 Å². The third-order valence-electron chi connectivity index (χ3n) is 8.25. The van der Waals surface area contributed by atoms with Crippen molar-refractivity contribution in [2.45, 2.75) is 64.8 Å². The van der Waals surface area contributed by atoms with E-state index in [-0.39, 0.29) is 41.1 Å². The summed E-state index contributed by atoms with van der Waals surface area (Å²) in [5, 5.41) is 32.1. The summed E-state index contributed by atoms with van der Waals surface area (Å²) in [5.41, 5.74) is 0.345. The Kier molecular flexibility index (Phi) is 3.71. The van der Waals surface area contributed by atoms with Crippen LogP contribution >= 0.6 is 0 Å². The van der Waals surface area contributed by atoms with Crippen LogP contribution in [0.15, 0.2) is 11.6 Å². The van der Waals surface area contributed by atoms with Crippen LogP contribution in [0.25, 0.3) is 0 Å². The van der Waals surface area contributed by atoms with Gasteiger partial charge in [0.15, 0.2) is 0 Å². The predicted octanol–water partition coefficient (Wildman–Crippen LogP) is 2.00. The molecule has 8 atom stereocenters. The minimum Gasteiger partial charge on any atom is -0.426 e. The maximum absolute atomic E-state index is 11.8. The maximum atomic E-state index is 11.8. The highest BCUT2D eigenvalue weighted by Crippen LogP contribution is 2.66. The second-order valence-electron chi connectivity index (χ2n) is 9.51. The summed E-state index contributed by atoms with van der Waals surface area (Å²) in [5.74, 6) is -1.81. The van der Waals surface area contributed by atoms with Crippen molar-refractivity contribution >= 4 is 5.97 Å². The summed E-state index contributed by atoms with van der Waals surface area (Å²) < 4.78 is 5.30. The van der Waals surface area contributed by atoms with E-state index in [1.807, 2.05) is 6.92 Å². The lowest BCUT2D eigenvalue weighted by molar-refractivity contribution is -0.237. The first-order chi connectivity index (χ1) is 11.6. The number of aliphatic hydroxyl groups excluding tert-OH is 2. The highest BCUT2D eigenvalue weighted by atomic mass is 16.7. The summed E-state index contributed by atoms with van der Waals surface area (Å²) in [4.78, 5) is 11.8. The molecule has 0 spiro atoms. The van der Waals surface area contributed by atoms with Gasteiger partial charge in [0.05, 0.1) is 6.10 Å². The Bertz CT molecular complexity index is 630. The Morgan fingerprint density at radius 1 is 1.32 bits per heavy atom. The zero-order chi connectivity index (χ0) is 18.2. The van der Waals surface area contributed by atoms with Crippen LogP contribution in [0.4, 0.5) is 0 Å². The minimum absolute atomic E-state index is 0.0170. The van der Waals surface area contributed by atoms with E-state index >= 15 is 0 Å². The van der Waals surface area contributed by atoms with Crippen molar-refractivity contribution in [2.75, 3.05) is 6.61 Å². The van der Waals surface area contributed by atoms with Crippen molar-refractivity contribution in [1.82, 2.24) is 0 Å². The van der Waals surface area contributed by atoms with E-state index in [0.29, 0.717) is 18.4 Å². The van der Waals surface area contributed by atoms with Crippen LogP contribution in [0.2, 0.25) is 0 Å². The molecule has 140 valence electrons. The number of hydrogen-bond acceptors (Lipinski definition) is 5. The molecule has 1 aliphatic heterocycles. The normalized spacial score (nSPS) is 54.9. The van der Waals surface area contributed by atoms with Crippen LogP contribution in [0.5, 0.6) is 0 Å². The van der Waals surface area contributed by atoms with Gasteiger partial charge in [-0.1, -0.05) is 27.2 Å². The topological polar surface area (TPSA) is 87.0 Å². The number of esters is 1. The average molecular weight is 350 g/mol. The lowest BCUT2D eigenvalue weighted by Gasteiger charge is -2.64. The summed E-state index contributed by atoms with van der Waals surface area (Å²) in [6.07, 6.45) is 5.00. The molecule has 4 aliphatic rings. The lowest BCUT2D eigenvalue weighted by atomic mass is 9.42. The SMILES string of the molecule is C[C@H]1C2=CC(=O)O[C@]2(O)C[C@@H]2[C@H]1[C@@H](O)C[C@@H]1[C@@](C)(CO)CCC[C@@]21C. The van der Waals surface area contributed by atoms with Gasteiger partial charge >= 0.3 is 5.97 Å². The lowest BCUT2D eigenvalue weighted by Crippen LogP contribution is -2.62. The van der Waals surface area contributed by atoms with E-state index < -0.39 is 17.9 Å². The average Bonchev–Trinajstić information content (AvgIpc) is 2.85. The fourth-order valence-electron chi connectivity index (χ4n) is 7.01. The van der Waals surface area contributed by atoms with Crippen molar-refractivity contribution in [2.24, 2.45) is 34.5 Å². The molecule has 0 unspecified atom stereocenters. The Morgan fingerprint density at radius 3 is 2.72 bits per heavy atom. The van der Waals surface area contributed by atoms with Gasteiger partial charge in [0.1, 0.15) is 0 Å². The molecule has 0 amide bonds. The number of carbonyl (C=O) groups excluding carboxylic acids is 1. The second kappa shape index (κ2) is 5.30. The van der Waals surface area contributed by atoms with Crippen molar-refractivity contribution < 1.29 is 24.9 Å². The zero-order valence-corrected chi connectivity index (χ0v) is 15.4. The highest BCUT2D eigenvalue weighted by molar-refractivity contribution is 5.86. The van der Waals surface area contributed by atoms with Gasteiger partial charge in [-0.15, -0.1) is 0 Å². The molecule has 3 saturated carbocycles. The first kappa shape index (κ1) is 17.5. The Balaban J connectivity index is 1.78. The van der Waals surface area contributed by atoms with Gasteiger partial charge in [-0.25, -0.2) is 4.79 Å². The summed E-state index contributed by atoms with van der Waals surface area (Å²) in [7, 11) is 0. The van der Waals surface area contributed by atoms with Crippen molar-refractivity contribution in [1.29, 1.82) is 0 Å². The van der Waals surface area contributed by atoms with Gasteiger partial charge in [0.25, 0.3) is 0 Å². The molecule has 25 heavy (non-hydrogen) atoms.